The zero-order valence-corrected chi connectivity index (χ0v) is 12.5. The second-order valence-electron chi connectivity index (χ2n) is 4.91. The third-order valence-corrected chi connectivity index (χ3v) is 3.16. The van der Waals surface area contributed by atoms with E-state index in [1.165, 1.54) is 0 Å². The van der Waals surface area contributed by atoms with Gasteiger partial charge in [0.05, 0.1) is 21.5 Å². The molecular weight excluding hydrogens is 316 g/mol. The monoisotopic (exact) mass is 328 g/mol. The minimum atomic E-state index is -0.741. The molecule has 0 radical (unpaired) electrons. The van der Waals surface area contributed by atoms with Crippen LogP contribution in [0.1, 0.15) is 17.3 Å². The largest absolute Gasteiger partial charge is 0.514 e. The van der Waals surface area contributed by atoms with Crippen molar-refractivity contribution in [3.05, 3.63) is 46.1 Å². The van der Waals surface area contributed by atoms with E-state index in [0.29, 0.717) is 11.3 Å². The van der Waals surface area contributed by atoms with Crippen LogP contribution in [0.15, 0.2) is 35.6 Å². The molecule has 2 N–H and O–H groups in total. The molecule has 0 fully saturated rings. The molecule has 0 saturated carbocycles. The maximum Gasteiger partial charge on any atom is 0.514 e. The van der Waals surface area contributed by atoms with Crippen molar-refractivity contribution in [3.8, 4) is 0 Å². The van der Waals surface area contributed by atoms with Gasteiger partial charge in [-0.15, -0.1) is 0 Å². The summed E-state index contributed by atoms with van der Waals surface area (Å²) in [5.74, 6) is -0.963. The standard InChI is InChI=1S/C13H12N8O3/c1-8(7-20-18-13(17-19-20)21(23)24)15-16-12(22)10-6-14-11-5-3-2-4-9(10)11/h2-6,14H,7H2,1H3,(H,16,22). The fraction of sp³-hybridized carbons (Fsp3) is 0.154. The highest BCUT2D eigenvalue weighted by molar-refractivity contribution is 6.06. The van der Waals surface area contributed by atoms with Gasteiger partial charge in [-0.25, -0.2) is 5.43 Å². The number of para-hydroxylation sites is 1. The second-order valence-corrected chi connectivity index (χ2v) is 4.91. The fourth-order valence-electron chi connectivity index (χ4n) is 2.08. The SMILES string of the molecule is CC(Cn1nnc([N+](=O)[O-])n1)=NNC(=O)c1c[nH]c2ccccc12. The predicted molar refractivity (Wildman–Crippen MR) is 83.3 cm³/mol. The number of aromatic amines is 1. The maximum absolute atomic E-state index is 12.2. The number of aromatic nitrogens is 5. The minimum Gasteiger partial charge on any atom is -0.390 e. The van der Waals surface area contributed by atoms with Gasteiger partial charge >= 0.3 is 5.95 Å². The predicted octanol–water partition coefficient (Wildman–Crippen LogP) is 0.868. The van der Waals surface area contributed by atoms with Gasteiger partial charge in [0.1, 0.15) is 6.54 Å². The molecule has 1 amide bonds. The average molecular weight is 328 g/mol. The van der Waals surface area contributed by atoms with Crippen molar-refractivity contribution in [2.45, 2.75) is 13.5 Å². The van der Waals surface area contributed by atoms with Crippen molar-refractivity contribution in [1.82, 2.24) is 30.6 Å². The van der Waals surface area contributed by atoms with Crippen LogP contribution in [0.25, 0.3) is 10.9 Å². The summed E-state index contributed by atoms with van der Waals surface area (Å²) >= 11 is 0. The van der Waals surface area contributed by atoms with Crippen LogP contribution in [0.3, 0.4) is 0 Å². The van der Waals surface area contributed by atoms with Crippen LogP contribution >= 0.6 is 0 Å². The van der Waals surface area contributed by atoms with Crippen LogP contribution in [0.2, 0.25) is 0 Å². The number of fused-ring (bicyclic) bond motifs is 1. The number of benzene rings is 1. The Bertz CT molecular complexity index is 942. The van der Waals surface area contributed by atoms with Gasteiger partial charge in [-0.05, 0) is 17.9 Å². The van der Waals surface area contributed by atoms with E-state index in [9.17, 15) is 14.9 Å². The van der Waals surface area contributed by atoms with Gasteiger partial charge in [-0.1, -0.05) is 23.0 Å². The molecule has 0 aliphatic heterocycles. The summed E-state index contributed by atoms with van der Waals surface area (Å²) in [4.78, 5) is 26.0. The van der Waals surface area contributed by atoms with Gasteiger partial charge in [-0.2, -0.15) is 5.10 Å². The van der Waals surface area contributed by atoms with E-state index >= 15 is 0 Å². The van der Waals surface area contributed by atoms with Gasteiger partial charge < -0.3 is 15.1 Å². The van der Waals surface area contributed by atoms with Crippen LogP contribution in [0.5, 0.6) is 0 Å². The summed E-state index contributed by atoms with van der Waals surface area (Å²) in [7, 11) is 0. The van der Waals surface area contributed by atoms with Crippen molar-refractivity contribution >= 4 is 28.5 Å². The second kappa shape index (κ2) is 6.24. The van der Waals surface area contributed by atoms with E-state index in [2.05, 4.69) is 30.9 Å². The molecule has 0 unspecified atom stereocenters. The maximum atomic E-state index is 12.2. The quantitative estimate of drug-likeness (QED) is 0.404. The van der Waals surface area contributed by atoms with Crippen molar-refractivity contribution in [1.29, 1.82) is 0 Å². The van der Waals surface area contributed by atoms with Gasteiger partial charge in [-0.3, -0.25) is 4.79 Å². The van der Waals surface area contributed by atoms with Gasteiger partial charge in [0, 0.05) is 22.3 Å². The van der Waals surface area contributed by atoms with Crippen molar-refractivity contribution < 1.29 is 9.72 Å². The van der Waals surface area contributed by atoms with E-state index < -0.39 is 10.9 Å². The molecule has 0 aliphatic rings. The number of nitrogens with zero attached hydrogens (tertiary/aromatic N) is 6. The Morgan fingerprint density at radius 2 is 2.25 bits per heavy atom. The molecule has 0 saturated heterocycles. The fourth-order valence-corrected chi connectivity index (χ4v) is 2.08. The molecule has 2 heterocycles. The van der Waals surface area contributed by atoms with Crippen LogP contribution in [0, 0.1) is 10.1 Å². The molecule has 0 spiro atoms. The van der Waals surface area contributed by atoms with Crippen LogP contribution in [-0.2, 0) is 6.54 Å². The Kier molecular flexibility index (Phi) is 3.97. The van der Waals surface area contributed by atoms with Gasteiger partial charge in [0.25, 0.3) is 5.91 Å². The summed E-state index contributed by atoms with van der Waals surface area (Å²) in [6.07, 6.45) is 1.60. The molecule has 1 aromatic carbocycles. The lowest BCUT2D eigenvalue weighted by Crippen LogP contribution is -2.21. The number of amides is 1. The number of carbonyl (C=O) groups is 1. The van der Waals surface area contributed by atoms with E-state index in [1.807, 2.05) is 24.3 Å². The molecule has 11 heteroatoms. The molecule has 0 bridgehead atoms. The molecule has 11 nitrogen and oxygen atoms in total. The Labute approximate surface area is 134 Å². The van der Waals surface area contributed by atoms with Crippen LogP contribution in [0.4, 0.5) is 5.95 Å². The first-order valence-corrected chi connectivity index (χ1v) is 6.86. The molecule has 3 rings (SSSR count). The molecule has 0 aliphatic carbocycles. The zero-order chi connectivity index (χ0) is 17.1. The molecule has 24 heavy (non-hydrogen) atoms. The number of H-pyrrole nitrogens is 1. The Morgan fingerprint density at radius 3 is 3.00 bits per heavy atom. The summed E-state index contributed by atoms with van der Waals surface area (Å²) in [5.41, 5.74) is 4.21. The first-order chi connectivity index (χ1) is 11.5. The number of hydrogen-bond donors (Lipinski definition) is 2. The number of rotatable bonds is 5. The summed E-state index contributed by atoms with van der Waals surface area (Å²) in [6, 6.07) is 7.40. The number of nitro groups is 1. The van der Waals surface area contributed by atoms with E-state index in [4.69, 9.17) is 0 Å². The first-order valence-electron chi connectivity index (χ1n) is 6.86. The smallest absolute Gasteiger partial charge is 0.390 e. The van der Waals surface area contributed by atoms with E-state index in [0.717, 1.165) is 15.7 Å². The summed E-state index contributed by atoms with van der Waals surface area (Å²) < 4.78 is 0. The Morgan fingerprint density at radius 1 is 1.46 bits per heavy atom. The number of tetrazole rings is 1. The number of hydrazone groups is 1. The normalized spacial score (nSPS) is 11.6. The summed E-state index contributed by atoms with van der Waals surface area (Å²) in [5, 5.41) is 25.6. The number of hydrogen-bond acceptors (Lipinski definition) is 7. The number of nitrogens with one attached hydrogen (secondary N) is 2. The van der Waals surface area contributed by atoms with E-state index in [-0.39, 0.29) is 12.5 Å². The third kappa shape index (κ3) is 3.09. The molecule has 0 atom stereocenters. The summed E-state index contributed by atoms with van der Waals surface area (Å²) in [6.45, 7) is 1.69. The van der Waals surface area contributed by atoms with Gasteiger partial charge in [0.2, 0.25) is 0 Å². The average Bonchev–Trinajstić information content (AvgIpc) is 3.19. The van der Waals surface area contributed by atoms with E-state index in [1.54, 1.807) is 13.1 Å². The number of carbonyl (C=O) groups excluding carboxylic acids is 1. The van der Waals surface area contributed by atoms with Crippen molar-refractivity contribution in [3.63, 3.8) is 0 Å². The minimum absolute atomic E-state index is 0.0645. The zero-order valence-electron chi connectivity index (χ0n) is 12.5. The molecular formula is C13H12N8O3. The first kappa shape index (κ1) is 15.3. The molecule has 122 valence electrons. The topological polar surface area (TPSA) is 144 Å². The van der Waals surface area contributed by atoms with Crippen LogP contribution < -0.4 is 5.43 Å². The van der Waals surface area contributed by atoms with Crippen LogP contribution in [-0.4, -0.2) is 41.7 Å². The highest BCUT2D eigenvalue weighted by Crippen LogP contribution is 2.17. The lowest BCUT2D eigenvalue weighted by molar-refractivity contribution is -0.394. The molecule has 2 aromatic heterocycles. The highest BCUT2D eigenvalue weighted by Gasteiger charge is 2.16. The highest BCUT2D eigenvalue weighted by atomic mass is 16.6. The third-order valence-electron chi connectivity index (χ3n) is 3.16. The Balaban J connectivity index is 1.67. The van der Waals surface area contributed by atoms with Crippen molar-refractivity contribution in [2.75, 3.05) is 0 Å². The van der Waals surface area contributed by atoms with Crippen molar-refractivity contribution in [2.24, 2.45) is 5.10 Å². The van der Waals surface area contributed by atoms with Gasteiger partial charge in [0.15, 0.2) is 0 Å². The Hall–Kier alpha value is -3.63. The lowest BCUT2D eigenvalue weighted by atomic mass is 10.2. The lowest BCUT2D eigenvalue weighted by Gasteiger charge is -2.00. The molecule has 3 aromatic rings.